The van der Waals surface area contributed by atoms with Crippen molar-refractivity contribution in [1.29, 1.82) is 0 Å². The number of urea groups is 1. The molecule has 0 radical (unpaired) electrons. The van der Waals surface area contributed by atoms with Crippen LogP contribution in [0.25, 0.3) is 0 Å². The van der Waals surface area contributed by atoms with Gasteiger partial charge < -0.3 is 19.6 Å². The minimum Gasteiger partial charge on any atom is -0.477 e. The first-order valence-corrected chi connectivity index (χ1v) is 9.64. The van der Waals surface area contributed by atoms with Gasteiger partial charge in [-0.1, -0.05) is 0 Å². The summed E-state index contributed by atoms with van der Waals surface area (Å²) in [5, 5.41) is 13.3. The summed E-state index contributed by atoms with van der Waals surface area (Å²) in [5.74, 6) is -2.73. The molecule has 1 saturated heterocycles. The second-order valence-corrected chi connectivity index (χ2v) is 6.86. The van der Waals surface area contributed by atoms with Gasteiger partial charge in [-0.3, -0.25) is 10.6 Å². The van der Waals surface area contributed by atoms with Crippen LogP contribution in [0.15, 0.2) is 24.7 Å². The molecule has 0 saturated carbocycles. The van der Waals surface area contributed by atoms with E-state index in [1.54, 1.807) is 6.92 Å². The van der Waals surface area contributed by atoms with Gasteiger partial charge in [0, 0.05) is 32.8 Å². The lowest BCUT2D eigenvalue weighted by Gasteiger charge is -2.42. The molecule has 14 heteroatoms. The first-order chi connectivity index (χ1) is 15.2. The number of hydrogen-bond donors (Lipinski definition) is 3. The van der Waals surface area contributed by atoms with E-state index in [2.05, 4.69) is 30.6 Å². The Labute approximate surface area is 181 Å². The maximum Gasteiger partial charge on any atom is 0.410 e. The SMILES string of the molecule is CCOc1cnc(NC(=O)N(C)C2CN(c3nccc(NC(=O)O)n3)CCC2(F)F)cn1. The monoisotopic (exact) mass is 452 g/mol. The molecule has 0 spiro atoms. The Balaban J connectivity index is 1.71. The normalized spacial score (nSPS) is 17.4. The molecule has 1 fully saturated rings. The number of rotatable bonds is 6. The zero-order chi connectivity index (χ0) is 23.3. The number of carbonyl (C=O) groups excluding carboxylic acids is 1. The van der Waals surface area contributed by atoms with Crippen LogP contribution in [0.3, 0.4) is 0 Å². The van der Waals surface area contributed by atoms with E-state index in [0.717, 1.165) is 4.90 Å². The van der Waals surface area contributed by atoms with E-state index in [0.29, 0.717) is 6.61 Å². The summed E-state index contributed by atoms with van der Waals surface area (Å²) >= 11 is 0. The van der Waals surface area contributed by atoms with Crippen LogP contribution in [0.2, 0.25) is 0 Å². The van der Waals surface area contributed by atoms with Crippen molar-refractivity contribution < 1.29 is 28.2 Å². The van der Waals surface area contributed by atoms with Crippen molar-refractivity contribution in [1.82, 2.24) is 24.8 Å². The van der Waals surface area contributed by atoms with Gasteiger partial charge in [0.15, 0.2) is 5.82 Å². The van der Waals surface area contributed by atoms with Crippen molar-refractivity contribution in [3.63, 3.8) is 0 Å². The van der Waals surface area contributed by atoms with Crippen molar-refractivity contribution in [2.45, 2.75) is 25.3 Å². The average Bonchev–Trinajstić information content (AvgIpc) is 2.74. The van der Waals surface area contributed by atoms with E-state index in [4.69, 9.17) is 9.84 Å². The molecule has 1 aliphatic heterocycles. The van der Waals surface area contributed by atoms with Crippen molar-refractivity contribution in [3.8, 4) is 5.88 Å². The van der Waals surface area contributed by atoms with Gasteiger partial charge >= 0.3 is 12.1 Å². The molecule has 32 heavy (non-hydrogen) atoms. The summed E-state index contributed by atoms with van der Waals surface area (Å²) in [7, 11) is 1.25. The smallest absolute Gasteiger partial charge is 0.410 e. The summed E-state index contributed by atoms with van der Waals surface area (Å²) in [4.78, 5) is 41.8. The van der Waals surface area contributed by atoms with Crippen LogP contribution < -0.4 is 20.3 Å². The van der Waals surface area contributed by atoms with Crippen LogP contribution in [-0.2, 0) is 0 Å². The molecule has 0 bridgehead atoms. The number of hydrogen-bond acceptors (Lipinski definition) is 8. The van der Waals surface area contributed by atoms with Crippen molar-refractivity contribution in [3.05, 3.63) is 24.7 Å². The second kappa shape index (κ2) is 9.53. The Morgan fingerprint density at radius 2 is 2.06 bits per heavy atom. The first kappa shape index (κ1) is 22.8. The van der Waals surface area contributed by atoms with Crippen LogP contribution in [0.4, 0.5) is 36.0 Å². The third-order valence-electron chi connectivity index (χ3n) is 4.70. The number of nitrogens with one attached hydrogen (secondary N) is 2. The minimum absolute atomic E-state index is 0.0107. The molecule has 0 aromatic carbocycles. The van der Waals surface area contributed by atoms with Gasteiger partial charge in [-0.15, -0.1) is 0 Å². The average molecular weight is 452 g/mol. The third kappa shape index (κ3) is 5.44. The van der Waals surface area contributed by atoms with Crippen molar-refractivity contribution in [2.24, 2.45) is 0 Å². The molecule has 12 nitrogen and oxygen atoms in total. The fourth-order valence-electron chi connectivity index (χ4n) is 3.09. The highest BCUT2D eigenvalue weighted by Gasteiger charge is 2.48. The number of amides is 3. The molecule has 1 atom stereocenters. The fourth-order valence-corrected chi connectivity index (χ4v) is 3.09. The molecular formula is C18H22F2N8O4. The molecule has 2 aromatic heterocycles. The van der Waals surface area contributed by atoms with Crippen LogP contribution in [0, 0.1) is 0 Å². The van der Waals surface area contributed by atoms with E-state index < -0.39 is 30.5 Å². The van der Waals surface area contributed by atoms with Gasteiger partial charge in [0.2, 0.25) is 11.8 Å². The van der Waals surface area contributed by atoms with Gasteiger partial charge in [-0.25, -0.2) is 33.3 Å². The highest BCUT2D eigenvalue weighted by atomic mass is 19.3. The van der Waals surface area contributed by atoms with E-state index in [1.165, 1.54) is 36.6 Å². The third-order valence-corrected chi connectivity index (χ3v) is 4.70. The molecule has 1 aliphatic rings. The number of likely N-dealkylation sites (N-methyl/N-ethyl adjacent to an activating group) is 1. The number of halogens is 2. The Morgan fingerprint density at radius 1 is 1.28 bits per heavy atom. The quantitative estimate of drug-likeness (QED) is 0.600. The number of ether oxygens (including phenoxy) is 1. The topological polar surface area (TPSA) is 146 Å². The van der Waals surface area contributed by atoms with Gasteiger partial charge in [0.25, 0.3) is 5.92 Å². The summed E-state index contributed by atoms with van der Waals surface area (Å²) < 4.78 is 34.5. The number of alkyl halides is 2. The van der Waals surface area contributed by atoms with Crippen molar-refractivity contribution >= 4 is 29.7 Å². The Kier molecular flexibility index (Phi) is 6.80. The Bertz CT molecular complexity index is 962. The maximum absolute atomic E-state index is 14.7. The number of nitrogens with zero attached hydrogens (tertiary/aromatic N) is 6. The zero-order valence-corrected chi connectivity index (χ0v) is 17.3. The zero-order valence-electron chi connectivity index (χ0n) is 17.3. The number of carbonyl (C=O) groups is 2. The van der Waals surface area contributed by atoms with Gasteiger partial charge in [0.1, 0.15) is 11.9 Å². The number of aromatic nitrogens is 4. The molecule has 172 valence electrons. The summed E-state index contributed by atoms with van der Waals surface area (Å²) in [6, 6.07) is -0.950. The molecule has 0 aliphatic carbocycles. The van der Waals surface area contributed by atoms with Gasteiger partial charge in [0.05, 0.1) is 19.0 Å². The first-order valence-electron chi connectivity index (χ1n) is 9.64. The van der Waals surface area contributed by atoms with Crippen LogP contribution in [0.5, 0.6) is 5.88 Å². The molecular weight excluding hydrogens is 430 g/mol. The number of piperidine rings is 1. The number of anilines is 3. The lowest BCUT2D eigenvalue weighted by Crippen LogP contribution is -2.60. The standard InChI is InChI=1S/C18H22F2N8O4/c1-3-32-14-9-22-13(8-23-14)25-16(29)27(2)11-10-28(7-5-18(11,19)20)15-21-6-4-12(24-15)26-17(30)31/h4,6,8-9,11H,3,5,7,10H2,1-2H3,(H,30,31)(H,21,24,26)(H,22,25,29). The van der Waals surface area contributed by atoms with Gasteiger partial charge in [-0.2, -0.15) is 4.98 Å². The lowest BCUT2D eigenvalue weighted by molar-refractivity contribution is -0.0760. The molecule has 3 N–H and O–H groups in total. The fraction of sp³-hybridized carbons (Fsp3) is 0.444. The van der Waals surface area contributed by atoms with Crippen molar-refractivity contribution in [2.75, 3.05) is 42.3 Å². The maximum atomic E-state index is 14.7. The number of carboxylic acid groups (broad SMARTS) is 1. The van der Waals surface area contributed by atoms with E-state index in [9.17, 15) is 18.4 Å². The molecule has 1 unspecified atom stereocenters. The van der Waals surface area contributed by atoms with Crippen LogP contribution in [0.1, 0.15) is 13.3 Å². The van der Waals surface area contributed by atoms with E-state index in [1.807, 2.05) is 0 Å². The summed E-state index contributed by atoms with van der Waals surface area (Å²) in [5.41, 5.74) is 0. The highest BCUT2D eigenvalue weighted by molar-refractivity contribution is 5.88. The van der Waals surface area contributed by atoms with Crippen LogP contribution >= 0.6 is 0 Å². The molecule has 3 amide bonds. The second-order valence-electron chi connectivity index (χ2n) is 6.86. The van der Waals surface area contributed by atoms with E-state index >= 15 is 0 Å². The predicted octanol–water partition coefficient (Wildman–Crippen LogP) is 2.13. The Morgan fingerprint density at radius 3 is 2.72 bits per heavy atom. The predicted molar refractivity (Wildman–Crippen MR) is 109 cm³/mol. The van der Waals surface area contributed by atoms with Gasteiger partial charge in [-0.05, 0) is 13.0 Å². The largest absolute Gasteiger partial charge is 0.477 e. The molecule has 2 aromatic rings. The van der Waals surface area contributed by atoms with E-state index in [-0.39, 0.29) is 36.6 Å². The summed E-state index contributed by atoms with van der Waals surface area (Å²) in [6.07, 6.45) is 2.03. The van der Waals surface area contributed by atoms with Crippen LogP contribution in [-0.4, -0.2) is 80.8 Å². The molecule has 3 rings (SSSR count). The minimum atomic E-state index is -3.16. The Hall–Kier alpha value is -3.84. The molecule has 3 heterocycles. The summed E-state index contributed by atoms with van der Waals surface area (Å²) in [6.45, 7) is 1.85. The highest BCUT2D eigenvalue weighted by Crippen LogP contribution is 2.33. The lowest BCUT2D eigenvalue weighted by atomic mass is 10.00.